The van der Waals surface area contributed by atoms with Crippen LogP contribution in [0.5, 0.6) is 0 Å². The third-order valence-electron chi connectivity index (χ3n) is 7.09. The minimum atomic E-state index is -1.42. The third-order valence-corrected chi connectivity index (χ3v) is 7.09. The van der Waals surface area contributed by atoms with Gasteiger partial charge in [0.25, 0.3) is 0 Å². The zero-order valence-electron chi connectivity index (χ0n) is 27.2. The van der Waals surface area contributed by atoms with Gasteiger partial charge in [0.2, 0.25) is 0 Å². The molecule has 0 amide bonds. The van der Waals surface area contributed by atoms with Gasteiger partial charge in [-0.3, -0.25) is 0 Å². The maximum Gasteiger partial charge on any atom is 0.336 e. The molecule has 0 fully saturated rings. The molecule has 0 aliphatic rings. The van der Waals surface area contributed by atoms with Crippen molar-refractivity contribution in [3.63, 3.8) is 0 Å². The molecule has 0 atom stereocenters. The molecule has 0 spiro atoms. The molecule has 0 aliphatic carbocycles. The van der Waals surface area contributed by atoms with Crippen molar-refractivity contribution < 1.29 is 29.7 Å². The Morgan fingerprint density at radius 1 is 0.410 bits per heavy atom. The molecule has 1 aromatic carbocycles. The smallest absolute Gasteiger partial charge is 0.336 e. The monoisotopic (exact) mass is 546 g/mol. The highest BCUT2D eigenvalue weighted by molar-refractivity contribution is 6.08. The highest BCUT2D eigenvalue weighted by atomic mass is 16.4. The number of benzene rings is 1. The largest absolute Gasteiger partial charge is 0.478 e. The van der Waals surface area contributed by atoms with Crippen LogP contribution in [0.4, 0.5) is 0 Å². The van der Waals surface area contributed by atoms with Gasteiger partial charge in [-0.15, -0.1) is 0 Å². The molecule has 6 nitrogen and oxygen atoms in total. The first-order valence-corrected chi connectivity index (χ1v) is 13.9. The molecule has 1 rings (SSSR count). The van der Waals surface area contributed by atoms with Gasteiger partial charge < -0.3 is 15.3 Å². The van der Waals surface area contributed by atoms with Crippen molar-refractivity contribution in [3.8, 4) is 0 Å². The summed E-state index contributed by atoms with van der Waals surface area (Å²) < 4.78 is 0. The van der Waals surface area contributed by atoms with E-state index in [-0.39, 0.29) is 32.9 Å². The Hall–Kier alpha value is -2.37. The summed E-state index contributed by atoms with van der Waals surface area (Å²) >= 11 is 0. The van der Waals surface area contributed by atoms with E-state index in [4.69, 9.17) is 0 Å². The highest BCUT2D eigenvalue weighted by Crippen LogP contribution is 2.52. The summed E-state index contributed by atoms with van der Waals surface area (Å²) in [6.45, 7) is 29.8. The van der Waals surface area contributed by atoms with Gasteiger partial charge in [-0.05, 0) is 68.4 Å². The van der Waals surface area contributed by atoms with E-state index in [0.29, 0.717) is 30.4 Å². The van der Waals surface area contributed by atoms with Crippen LogP contribution < -0.4 is 0 Å². The Morgan fingerprint density at radius 2 is 0.615 bits per heavy atom. The van der Waals surface area contributed by atoms with Crippen molar-refractivity contribution in [2.24, 2.45) is 16.2 Å². The van der Waals surface area contributed by atoms with E-state index >= 15 is 0 Å². The van der Waals surface area contributed by atoms with Gasteiger partial charge in [-0.2, -0.15) is 0 Å². The fourth-order valence-electron chi connectivity index (χ4n) is 7.66. The number of aromatic carboxylic acids is 3. The second kappa shape index (κ2) is 10.6. The van der Waals surface area contributed by atoms with E-state index in [9.17, 15) is 29.7 Å². The fourth-order valence-corrected chi connectivity index (χ4v) is 7.66. The van der Waals surface area contributed by atoms with Gasteiger partial charge in [0.05, 0.1) is 16.7 Å². The van der Waals surface area contributed by atoms with Crippen LogP contribution in [-0.2, 0) is 16.2 Å². The normalized spacial score (nSPS) is 13.9. The molecule has 0 saturated carbocycles. The summed E-state index contributed by atoms with van der Waals surface area (Å²) in [5.74, 6) is -3.99. The number of hydrogen-bond donors (Lipinski definition) is 3. The minimum absolute atomic E-state index is 0.0575. The average Bonchev–Trinajstić information content (AvgIpc) is 2.59. The number of hydrogen-bond acceptors (Lipinski definition) is 3. The molecule has 0 heterocycles. The highest BCUT2D eigenvalue weighted by Gasteiger charge is 2.47. The van der Waals surface area contributed by atoms with Crippen LogP contribution in [0, 0.1) is 16.2 Å². The molecule has 0 unspecified atom stereocenters. The van der Waals surface area contributed by atoms with Crippen LogP contribution in [0.15, 0.2) is 0 Å². The first kappa shape index (κ1) is 34.7. The van der Waals surface area contributed by atoms with Crippen LogP contribution in [0.1, 0.15) is 171 Å². The molecule has 0 bridgehead atoms. The maximum atomic E-state index is 13.3. The standard InChI is InChI=1S/C33H54O6/c1-28(2,3)16-31(10,11)22-19(25(34)35)20(26(36)37)23(32(12,13)17-29(4,5)6)24(21(22)27(38)39)33(14,15)18-30(7,8)9/h16-18H2,1-15H3,(H,34,35)(H,36,37)(H,38,39). The number of carbonyl (C=O) groups is 3. The Balaban J connectivity index is 4.83. The lowest BCUT2D eigenvalue weighted by Gasteiger charge is -2.44. The Labute approximate surface area is 236 Å². The Bertz CT molecular complexity index is 1130. The fraction of sp³-hybridized carbons (Fsp3) is 0.727. The summed E-state index contributed by atoms with van der Waals surface area (Å²) in [6, 6.07) is 0. The van der Waals surface area contributed by atoms with Crippen LogP contribution in [0.3, 0.4) is 0 Å². The van der Waals surface area contributed by atoms with Gasteiger partial charge >= 0.3 is 17.9 Å². The van der Waals surface area contributed by atoms with E-state index in [0.717, 1.165) is 0 Å². The van der Waals surface area contributed by atoms with E-state index in [2.05, 4.69) is 20.8 Å². The first-order valence-electron chi connectivity index (χ1n) is 13.9. The van der Waals surface area contributed by atoms with Crippen molar-refractivity contribution in [2.45, 2.75) is 139 Å². The molecule has 1 aromatic rings. The molecule has 6 heteroatoms. The summed E-state index contributed by atoms with van der Waals surface area (Å²) in [5, 5.41) is 32.2. The SMILES string of the molecule is CC(C)(C)CC(C)(C)c1c(C(=O)O)c(C(=O)O)c(C(C)(C)CC(C)(C)C)c(C(C)(C)CC(C)(C)C)c1C(=O)O. The number of rotatable bonds is 9. The van der Waals surface area contributed by atoms with Gasteiger partial charge in [0, 0.05) is 0 Å². The predicted molar refractivity (Wildman–Crippen MR) is 159 cm³/mol. The quantitative estimate of drug-likeness (QED) is 0.285. The molecule has 0 radical (unpaired) electrons. The summed E-state index contributed by atoms with van der Waals surface area (Å²) in [7, 11) is 0. The van der Waals surface area contributed by atoms with Crippen LogP contribution in [0.25, 0.3) is 0 Å². The molecular weight excluding hydrogens is 492 g/mol. The van der Waals surface area contributed by atoms with E-state index in [1.807, 2.05) is 83.1 Å². The van der Waals surface area contributed by atoms with E-state index < -0.39 is 39.7 Å². The average molecular weight is 547 g/mol. The number of carboxylic acid groups (broad SMARTS) is 3. The molecule has 0 aliphatic heterocycles. The lowest BCUT2D eigenvalue weighted by atomic mass is 9.59. The molecule has 0 saturated heterocycles. The summed E-state index contributed by atoms with van der Waals surface area (Å²) in [5.41, 5.74) is -3.14. The second-order valence-electron chi connectivity index (χ2n) is 17.0. The topological polar surface area (TPSA) is 112 Å². The summed E-state index contributed by atoms with van der Waals surface area (Å²) in [4.78, 5) is 39.5. The minimum Gasteiger partial charge on any atom is -0.478 e. The summed E-state index contributed by atoms with van der Waals surface area (Å²) in [6.07, 6.45) is 1.56. The van der Waals surface area contributed by atoms with E-state index in [1.54, 1.807) is 0 Å². The van der Waals surface area contributed by atoms with Gasteiger partial charge in [0.15, 0.2) is 0 Å². The third kappa shape index (κ3) is 8.31. The second-order valence-corrected chi connectivity index (χ2v) is 17.0. The van der Waals surface area contributed by atoms with Crippen molar-refractivity contribution >= 4 is 17.9 Å². The van der Waals surface area contributed by atoms with Crippen LogP contribution in [0.2, 0.25) is 0 Å². The van der Waals surface area contributed by atoms with Gasteiger partial charge in [-0.1, -0.05) is 104 Å². The van der Waals surface area contributed by atoms with Crippen molar-refractivity contribution in [3.05, 3.63) is 33.4 Å². The molecule has 0 aromatic heterocycles. The number of carboxylic acids is 3. The van der Waals surface area contributed by atoms with Crippen molar-refractivity contribution in [2.75, 3.05) is 0 Å². The molecule has 39 heavy (non-hydrogen) atoms. The Morgan fingerprint density at radius 3 is 0.846 bits per heavy atom. The van der Waals surface area contributed by atoms with Gasteiger partial charge in [0.1, 0.15) is 0 Å². The van der Waals surface area contributed by atoms with Crippen molar-refractivity contribution in [1.29, 1.82) is 0 Å². The van der Waals surface area contributed by atoms with Crippen LogP contribution in [-0.4, -0.2) is 33.2 Å². The zero-order chi connectivity index (χ0) is 31.3. The lowest BCUT2D eigenvalue weighted by molar-refractivity contribution is 0.0639. The molecule has 3 N–H and O–H groups in total. The first-order chi connectivity index (χ1) is 17.0. The van der Waals surface area contributed by atoms with Gasteiger partial charge in [-0.25, -0.2) is 14.4 Å². The predicted octanol–water partition coefficient (Wildman–Crippen LogP) is 8.92. The lowest BCUT2D eigenvalue weighted by Crippen LogP contribution is -2.40. The van der Waals surface area contributed by atoms with Crippen molar-refractivity contribution in [1.82, 2.24) is 0 Å². The van der Waals surface area contributed by atoms with E-state index in [1.165, 1.54) is 0 Å². The molecular formula is C33H54O6. The maximum absolute atomic E-state index is 13.3. The van der Waals surface area contributed by atoms with Crippen LogP contribution >= 0.6 is 0 Å². The zero-order valence-corrected chi connectivity index (χ0v) is 27.2. The Kier molecular flexibility index (Phi) is 9.38. The molecule has 222 valence electrons.